The highest BCUT2D eigenvalue weighted by atomic mass is 16.5. The molecule has 0 spiro atoms. The molecule has 0 saturated heterocycles. The molecule has 4 nitrogen and oxygen atoms in total. The highest BCUT2D eigenvalue weighted by Gasteiger charge is 2.07. The molecule has 0 aliphatic rings. The van der Waals surface area contributed by atoms with Gasteiger partial charge in [0, 0.05) is 30.9 Å². The summed E-state index contributed by atoms with van der Waals surface area (Å²) in [6, 6.07) is 7.84. The first kappa shape index (κ1) is 14.4. The lowest BCUT2D eigenvalue weighted by Gasteiger charge is -2.24. The average Bonchev–Trinajstić information content (AvgIpc) is 2.38. The molecule has 18 heavy (non-hydrogen) atoms. The van der Waals surface area contributed by atoms with Gasteiger partial charge in [0.15, 0.2) is 0 Å². The molecule has 0 saturated carbocycles. The summed E-state index contributed by atoms with van der Waals surface area (Å²) < 4.78 is 4.64. The molecular formula is C14H22N2O2. The van der Waals surface area contributed by atoms with Gasteiger partial charge < -0.3 is 15.4 Å². The minimum absolute atomic E-state index is 0.149. The molecule has 4 heteroatoms. The minimum atomic E-state index is -0.149. The second kappa shape index (κ2) is 7.58. The average molecular weight is 250 g/mol. The van der Waals surface area contributed by atoms with E-state index in [-0.39, 0.29) is 5.97 Å². The Balaban J connectivity index is 2.54. The molecule has 1 aromatic carbocycles. The van der Waals surface area contributed by atoms with Crippen LogP contribution in [-0.4, -0.2) is 26.2 Å². The van der Waals surface area contributed by atoms with Gasteiger partial charge in [-0.25, -0.2) is 0 Å². The molecule has 0 aromatic heterocycles. The maximum atomic E-state index is 11.1. The number of methoxy groups -OCH3 is 1. The van der Waals surface area contributed by atoms with Crippen LogP contribution in [0.25, 0.3) is 0 Å². The van der Waals surface area contributed by atoms with Crippen LogP contribution in [0.4, 0.5) is 11.4 Å². The van der Waals surface area contributed by atoms with Gasteiger partial charge in [-0.05, 0) is 37.1 Å². The van der Waals surface area contributed by atoms with E-state index in [9.17, 15) is 4.79 Å². The predicted molar refractivity (Wildman–Crippen MR) is 74.6 cm³/mol. The normalized spacial score (nSPS) is 10.1. The lowest BCUT2D eigenvalue weighted by Crippen LogP contribution is -2.25. The van der Waals surface area contributed by atoms with Crippen LogP contribution in [0, 0.1) is 0 Å². The summed E-state index contributed by atoms with van der Waals surface area (Å²) >= 11 is 0. The van der Waals surface area contributed by atoms with Crippen molar-refractivity contribution in [1.82, 2.24) is 0 Å². The Bertz CT molecular complexity index is 363. The number of carbonyl (C=O) groups excluding carboxylic acids is 1. The maximum absolute atomic E-state index is 11.1. The summed E-state index contributed by atoms with van der Waals surface area (Å²) in [4.78, 5) is 13.3. The minimum Gasteiger partial charge on any atom is -0.469 e. The summed E-state index contributed by atoms with van der Waals surface area (Å²) in [5.41, 5.74) is 7.60. The lowest BCUT2D eigenvalue weighted by atomic mass is 10.2. The van der Waals surface area contributed by atoms with E-state index < -0.39 is 0 Å². The Hall–Kier alpha value is -1.71. The summed E-state index contributed by atoms with van der Waals surface area (Å²) in [5.74, 6) is -0.149. The Morgan fingerprint density at radius 3 is 2.50 bits per heavy atom. The molecule has 2 N–H and O–H groups in total. The molecule has 0 atom stereocenters. The van der Waals surface area contributed by atoms with Crippen LogP contribution in [0.1, 0.15) is 26.2 Å². The fourth-order valence-corrected chi connectivity index (χ4v) is 1.84. The number of benzene rings is 1. The number of ether oxygens (including phenoxy) is 1. The van der Waals surface area contributed by atoms with E-state index in [4.69, 9.17) is 5.73 Å². The molecule has 0 aliphatic heterocycles. The Morgan fingerprint density at radius 2 is 1.94 bits per heavy atom. The molecule has 0 radical (unpaired) electrons. The summed E-state index contributed by atoms with van der Waals surface area (Å²) in [6.07, 6.45) is 2.34. The first-order chi connectivity index (χ1) is 8.67. The molecule has 0 heterocycles. The second-order valence-electron chi connectivity index (χ2n) is 4.26. The molecule has 0 amide bonds. The van der Waals surface area contributed by atoms with E-state index in [1.165, 1.54) is 7.11 Å². The van der Waals surface area contributed by atoms with Crippen molar-refractivity contribution in [2.75, 3.05) is 30.8 Å². The monoisotopic (exact) mass is 250 g/mol. The zero-order valence-electron chi connectivity index (χ0n) is 11.2. The van der Waals surface area contributed by atoms with E-state index in [0.29, 0.717) is 6.42 Å². The van der Waals surface area contributed by atoms with Gasteiger partial charge >= 0.3 is 5.97 Å². The van der Waals surface area contributed by atoms with Crippen LogP contribution < -0.4 is 10.6 Å². The maximum Gasteiger partial charge on any atom is 0.305 e. The van der Waals surface area contributed by atoms with E-state index in [2.05, 4.69) is 16.6 Å². The quantitative estimate of drug-likeness (QED) is 0.596. The molecule has 1 rings (SSSR count). The van der Waals surface area contributed by atoms with Crippen molar-refractivity contribution < 1.29 is 9.53 Å². The fraction of sp³-hybridized carbons (Fsp3) is 0.500. The van der Waals surface area contributed by atoms with Crippen molar-refractivity contribution in [1.29, 1.82) is 0 Å². The van der Waals surface area contributed by atoms with Crippen molar-refractivity contribution in [3.63, 3.8) is 0 Å². The van der Waals surface area contributed by atoms with Crippen LogP contribution in [0.2, 0.25) is 0 Å². The van der Waals surface area contributed by atoms with Crippen molar-refractivity contribution in [2.24, 2.45) is 0 Å². The SMILES string of the molecule is CCCN(CCCC(=O)OC)c1ccc(N)cc1. The van der Waals surface area contributed by atoms with E-state index in [0.717, 1.165) is 37.3 Å². The van der Waals surface area contributed by atoms with Gasteiger partial charge in [-0.2, -0.15) is 0 Å². The fourth-order valence-electron chi connectivity index (χ4n) is 1.84. The molecule has 1 aromatic rings. The third-order valence-corrected chi connectivity index (χ3v) is 2.79. The van der Waals surface area contributed by atoms with E-state index in [1.54, 1.807) is 0 Å². The Kier molecular flexibility index (Phi) is 6.05. The van der Waals surface area contributed by atoms with Crippen LogP contribution in [-0.2, 0) is 9.53 Å². The molecule has 0 aliphatic carbocycles. The molecule has 100 valence electrons. The predicted octanol–water partition coefficient (Wildman–Crippen LogP) is 2.44. The van der Waals surface area contributed by atoms with Gasteiger partial charge in [-0.3, -0.25) is 4.79 Å². The smallest absolute Gasteiger partial charge is 0.305 e. The zero-order chi connectivity index (χ0) is 13.4. The Labute approximate surface area is 109 Å². The number of hydrogen-bond acceptors (Lipinski definition) is 4. The number of esters is 1. The van der Waals surface area contributed by atoms with Crippen LogP contribution in [0.3, 0.4) is 0 Å². The van der Waals surface area contributed by atoms with Crippen molar-refractivity contribution in [2.45, 2.75) is 26.2 Å². The van der Waals surface area contributed by atoms with Crippen LogP contribution in [0.15, 0.2) is 24.3 Å². The van der Waals surface area contributed by atoms with Gasteiger partial charge in [-0.15, -0.1) is 0 Å². The van der Waals surface area contributed by atoms with Gasteiger partial charge in [0.2, 0.25) is 0 Å². The highest BCUT2D eigenvalue weighted by Crippen LogP contribution is 2.17. The number of nitrogens with zero attached hydrogens (tertiary/aromatic N) is 1. The number of carbonyl (C=O) groups is 1. The highest BCUT2D eigenvalue weighted by molar-refractivity contribution is 5.69. The van der Waals surface area contributed by atoms with Crippen molar-refractivity contribution in [3.8, 4) is 0 Å². The molecule has 0 unspecified atom stereocenters. The van der Waals surface area contributed by atoms with E-state index >= 15 is 0 Å². The number of rotatable bonds is 7. The second-order valence-corrected chi connectivity index (χ2v) is 4.26. The van der Waals surface area contributed by atoms with Gasteiger partial charge in [-0.1, -0.05) is 6.92 Å². The van der Waals surface area contributed by atoms with Gasteiger partial charge in [0.25, 0.3) is 0 Å². The number of hydrogen-bond donors (Lipinski definition) is 1. The zero-order valence-corrected chi connectivity index (χ0v) is 11.2. The van der Waals surface area contributed by atoms with Gasteiger partial charge in [0.1, 0.15) is 0 Å². The van der Waals surface area contributed by atoms with Gasteiger partial charge in [0.05, 0.1) is 7.11 Å². The number of nitrogen functional groups attached to an aromatic ring is 1. The Morgan fingerprint density at radius 1 is 1.28 bits per heavy atom. The number of anilines is 2. The standard InChI is InChI=1S/C14H22N2O2/c1-3-10-16(11-4-5-14(17)18-2)13-8-6-12(15)7-9-13/h6-9H,3-5,10-11,15H2,1-2H3. The molecule has 0 bridgehead atoms. The van der Waals surface area contributed by atoms with Crippen molar-refractivity contribution >= 4 is 17.3 Å². The molecular weight excluding hydrogens is 228 g/mol. The first-order valence-electron chi connectivity index (χ1n) is 6.34. The van der Waals surface area contributed by atoms with E-state index in [1.807, 2.05) is 24.3 Å². The third-order valence-electron chi connectivity index (χ3n) is 2.79. The number of nitrogens with two attached hydrogens (primary N) is 1. The lowest BCUT2D eigenvalue weighted by molar-refractivity contribution is -0.140. The first-order valence-corrected chi connectivity index (χ1v) is 6.34. The van der Waals surface area contributed by atoms with Crippen LogP contribution in [0.5, 0.6) is 0 Å². The summed E-state index contributed by atoms with van der Waals surface area (Å²) in [7, 11) is 1.42. The largest absolute Gasteiger partial charge is 0.469 e. The van der Waals surface area contributed by atoms with Crippen molar-refractivity contribution in [3.05, 3.63) is 24.3 Å². The topological polar surface area (TPSA) is 55.6 Å². The third kappa shape index (κ3) is 4.65. The summed E-state index contributed by atoms with van der Waals surface area (Å²) in [6.45, 7) is 3.97. The summed E-state index contributed by atoms with van der Waals surface area (Å²) in [5, 5.41) is 0. The van der Waals surface area contributed by atoms with Crippen LogP contribution >= 0.6 is 0 Å². The molecule has 0 fully saturated rings.